The highest BCUT2D eigenvalue weighted by molar-refractivity contribution is 7.90. The van der Waals surface area contributed by atoms with E-state index < -0.39 is 10.0 Å². The molecule has 1 aromatic carbocycles. The smallest absolute Gasteiger partial charge is 0.212 e. The van der Waals surface area contributed by atoms with E-state index in [1.807, 2.05) is 0 Å². The minimum atomic E-state index is -3.00. The van der Waals surface area contributed by atoms with Gasteiger partial charge in [-0.15, -0.1) is 0 Å². The molecule has 0 bridgehead atoms. The van der Waals surface area contributed by atoms with Crippen LogP contribution < -0.4 is 0 Å². The average Bonchev–Trinajstić information content (AvgIpc) is 2.38. The number of hydrogen-bond acceptors (Lipinski definition) is 2. The van der Waals surface area contributed by atoms with Gasteiger partial charge in [0.05, 0.1) is 11.8 Å². The van der Waals surface area contributed by atoms with Crippen molar-refractivity contribution in [2.45, 2.75) is 51.1 Å². The fraction of sp³-hybridized carbons (Fsp3) is 0.600. The van der Waals surface area contributed by atoms with Crippen LogP contribution in [0.5, 0.6) is 0 Å². The molecule has 0 radical (unpaired) electrons. The third-order valence-electron chi connectivity index (χ3n) is 4.39. The predicted molar refractivity (Wildman–Crippen MR) is 76.4 cm³/mol. The normalized spacial score (nSPS) is 27.9. The molecule has 2 aliphatic rings. The van der Waals surface area contributed by atoms with E-state index in [0.717, 1.165) is 31.2 Å². The Morgan fingerprint density at radius 1 is 1.05 bits per heavy atom. The van der Waals surface area contributed by atoms with Gasteiger partial charge in [-0.05, 0) is 25.3 Å². The van der Waals surface area contributed by atoms with E-state index in [9.17, 15) is 8.42 Å². The molecule has 1 aliphatic heterocycles. The zero-order valence-electron chi connectivity index (χ0n) is 11.4. The van der Waals surface area contributed by atoms with E-state index in [-0.39, 0.29) is 17.8 Å². The van der Waals surface area contributed by atoms with Gasteiger partial charge in [-0.25, -0.2) is 8.42 Å². The standard InChI is InChI=1S/C15H21NO2S/c1-12-7-9-13(10-8-12)15-11-19(17,18)16(15)14-5-3-2-4-6-14/h7-10,14-15H,2-6,11H2,1H3. The Labute approximate surface area is 115 Å². The van der Waals surface area contributed by atoms with Crippen molar-refractivity contribution in [3.8, 4) is 0 Å². The van der Waals surface area contributed by atoms with Crippen molar-refractivity contribution >= 4 is 10.0 Å². The van der Waals surface area contributed by atoms with Crippen LogP contribution in [-0.2, 0) is 10.0 Å². The first-order valence-electron chi connectivity index (χ1n) is 7.16. The second kappa shape index (κ2) is 4.91. The summed E-state index contributed by atoms with van der Waals surface area (Å²) >= 11 is 0. The fourth-order valence-corrected chi connectivity index (χ4v) is 5.23. The molecular formula is C15H21NO2S. The summed E-state index contributed by atoms with van der Waals surface area (Å²) in [5, 5.41) is 0. The quantitative estimate of drug-likeness (QED) is 0.834. The van der Waals surface area contributed by atoms with Crippen molar-refractivity contribution in [2.24, 2.45) is 0 Å². The molecule has 0 spiro atoms. The highest BCUT2D eigenvalue weighted by atomic mass is 32.2. The van der Waals surface area contributed by atoms with Gasteiger partial charge < -0.3 is 0 Å². The van der Waals surface area contributed by atoms with Gasteiger partial charge in [-0.2, -0.15) is 4.31 Å². The predicted octanol–water partition coefficient (Wildman–Crippen LogP) is 3.01. The van der Waals surface area contributed by atoms with Crippen LogP contribution in [0.1, 0.15) is 49.3 Å². The van der Waals surface area contributed by atoms with E-state index in [1.165, 1.54) is 12.0 Å². The maximum atomic E-state index is 12.1. The van der Waals surface area contributed by atoms with Crippen LogP contribution in [0.2, 0.25) is 0 Å². The Bertz CT molecular complexity index is 544. The van der Waals surface area contributed by atoms with Crippen molar-refractivity contribution in [2.75, 3.05) is 5.75 Å². The summed E-state index contributed by atoms with van der Waals surface area (Å²) < 4.78 is 26.0. The molecule has 2 fully saturated rings. The van der Waals surface area contributed by atoms with Crippen molar-refractivity contribution < 1.29 is 8.42 Å². The number of rotatable bonds is 2. The molecule has 4 heteroatoms. The van der Waals surface area contributed by atoms with Crippen LogP contribution in [0.3, 0.4) is 0 Å². The number of nitrogens with zero attached hydrogens (tertiary/aromatic N) is 1. The lowest BCUT2D eigenvalue weighted by Crippen LogP contribution is -2.55. The van der Waals surface area contributed by atoms with Crippen LogP contribution in [0.15, 0.2) is 24.3 Å². The first-order chi connectivity index (χ1) is 9.08. The summed E-state index contributed by atoms with van der Waals surface area (Å²) in [5.74, 6) is 0.284. The van der Waals surface area contributed by atoms with E-state index in [1.54, 1.807) is 4.31 Å². The maximum absolute atomic E-state index is 12.1. The first kappa shape index (κ1) is 13.1. The summed E-state index contributed by atoms with van der Waals surface area (Å²) in [7, 11) is -3.00. The summed E-state index contributed by atoms with van der Waals surface area (Å²) in [6.45, 7) is 2.06. The molecular weight excluding hydrogens is 258 g/mol. The molecule has 1 heterocycles. The molecule has 1 saturated carbocycles. The largest absolute Gasteiger partial charge is 0.216 e. The van der Waals surface area contributed by atoms with Gasteiger partial charge in [0.2, 0.25) is 10.0 Å². The summed E-state index contributed by atoms with van der Waals surface area (Å²) in [4.78, 5) is 0. The first-order valence-corrected chi connectivity index (χ1v) is 8.76. The summed E-state index contributed by atoms with van der Waals surface area (Å²) in [6, 6.07) is 8.60. The third-order valence-corrected chi connectivity index (χ3v) is 6.33. The van der Waals surface area contributed by atoms with Gasteiger partial charge in [0.25, 0.3) is 0 Å². The Morgan fingerprint density at radius 3 is 2.26 bits per heavy atom. The van der Waals surface area contributed by atoms with Crippen LogP contribution in [0.4, 0.5) is 0 Å². The molecule has 1 saturated heterocycles. The van der Waals surface area contributed by atoms with Crippen molar-refractivity contribution in [3.63, 3.8) is 0 Å². The second-order valence-corrected chi connectivity index (χ2v) is 7.75. The number of aryl methyl sites for hydroxylation is 1. The highest BCUT2D eigenvalue weighted by Crippen LogP contribution is 2.41. The van der Waals surface area contributed by atoms with Crippen molar-refractivity contribution in [3.05, 3.63) is 35.4 Å². The number of hydrogen-bond donors (Lipinski definition) is 0. The second-order valence-electron chi connectivity index (χ2n) is 5.83. The summed E-state index contributed by atoms with van der Waals surface area (Å²) in [6.07, 6.45) is 5.64. The molecule has 0 aromatic heterocycles. The van der Waals surface area contributed by atoms with Crippen molar-refractivity contribution in [1.82, 2.24) is 4.31 Å². The highest BCUT2D eigenvalue weighted by Gasteiger charge is 2.47. The van der Waals surface area contributed by atoms with E-state index in [4.69, 9.17) is 0 Å². The van der Waals surface area contributed by atoms with Crippen LogP contribution in [0.25, 0.3) is 0 Å². The zero-order valence-corrected chi connectivity index (χ0v) is 12.2. The van der Waals surface area contributed by atoms with Crippen molar-refractivity contribution in [1.29, 1.82) is 0 Å². The third kappa shape index (κ3) is 2.43. The molecule has 104 valence electrons. The zero-order chi connectivity index (χ0) is 13.5. The van der Waals surface area contributed by atoms with Gasteiger partial charge in [0.15, 0.2) is 0 Å². The Kier molecular flexibility index (Phi) is 3.39. The van der Waals surface area contributed by atoms with Crippen LogP contribution >= 0.6 is 0 Å². The maximum Gasteiger partial charge on any atom is 0.216 e. The number of benzene rings is 1. The van der Waals surface area contributed by atoms with Crippen LogP contribution in [0, 0.1) is 6.92 Å². The van der Waals surface area contributed by atoms with E-state index in [0.29, 0.717) is 0 Å². The Hall–Kier alpha value is -0.870. The summed E-state index contributed by atoms with van der Waals surface area (Å²) in [5.41, 5.74) is 2.36. The van der Waals surface area contributed by atoms with Gasteiger partial charge in [-0.1, -0.05) is 49.1 Å². The Morgan fingerprint density at radius 2 is 1.68 bits per heavy atom. The average molecular weight is 279 g/mol. The molecule has 3 nitrogen and oxygen atoms in total. The van der Waals surface area contributed by atoms with E-state index >= 15 is 0 Å². The van der Waals surface area contributed by atoms with E-state index in [2.05, 4.69) is 31.2 Å². The molecule has 1 unspecified atom stereocenters. The topological polar surface area (TPSA) is 37.4 Å². The SMILES string of the molecule is Cc1ccc(C2CS(=O)(=O)N2C2CCCCC2)cc1. The van der Waals surface area contributed by atoms with Gasteiger partial charge in [-0.3, -0.25) is 0 Å². The van der Waals surface area contributed by atoms with Gasteiger partial charge >= 0.3 is 0 Å². The monoisotopic (exact) mass is 279 g/mol. The molecule has 1 aromatic rings. The molecule has 1 aliphatic carbocycles. The van der Waals surface area contributed by atoms with Gasteiger partial charge in [0, 0.05) is 6.04 Å². The lowest BCUT2D eigenvalue weighted by molar-refractivity contribution is 0.183. The Balaban J connectivity index is 1.84. The molecule has 19 heavy (non-hydrogen) atoms. The lowest BCUT2D eigenvalue weighted by atomic mass is 9.94. The minimum Gasteiger partial charge on any atom is -0.212 e. The molecule has 1 atom stereocenters. The van der Waals surface area contributed by atoms with Crippen LogP contribution in [-0.4, -0.2) is 24.5 Å². The molecule has 0 N–H and O–H groups in total. The minimum absolute atomic E-state index is 0.0775. The number of sulfonamides is 1. The molecule has 3 rings (SSSR count). The molecule has 0 amide bonds. The fourth-order valence-electron chi connectivity index (χ4n) is 3.32. The lowest BCUT2D eigenvalue weighted by Gasteiger charge is -2.46. The van der Waals surface area contributed by atoms with Gasteiger partial charge in [0.1, 0.15) is 0 Å².